The SMILES string of the molecule is CCC(CC)CNC(=O)COc1ccc2c(c1)CCC2. The van der Waals surface area contributed by atoms with Crippen molar-refractivity contribution in [1.29, 1.82) is 0 Å². The van der Waals surface area contributed by atoms with Crippen LogP contribution in [0.3, 0.4) is 0 Å². The van der Waals surface area contributed by atoms with E-state index in [-0.39, 0.29) is 12.5 Å². The lowest BCUT2D eigenvalue weighted by Gasteiger charge is -2.13. The maximum absolute atomic E-state index is 11.8. The van der Waals surface area contributed by atoms with Crippen LogP contribution >= 0.6 is 0 Å². The summed E-state index contributed by atoms with van der Waals surface area (Å²) in [6, 6.07) is 6.18. The fourth-order valence-corrected chi connectivity index (χ4v) is 2.67. The first-order valence-electron chi connectivity index (χ1n) is 7.74. The molecule has 0 saturated carbocycles. The van der Waals surface area contributed by atoms with Crippen molar-refractivity contribution >= 4 is 5.91 Å². The molecule has 110 valence electrons. The number of ether oxygens (including phenoxy) is 1. The zero-order valence-electron chi connectivity index (χ0n) is 12.6. The van der Waals surface area contributed by atoms with Gasteiger partial charge in [-0.15, -0.1) is 0 Å². The van der Waals surface area contributed by atoms with Crippen LogP contribution in [0.15, 0.2) is 18.2 Å². The van der Waals surface area contributed by atoms with E-state index < -0.39 is 0 Å². The lowest BCUT2D eigenvalue weighted by atomic mass is 10.0. The second-order valence-electron chi connectivity index (χ2n) is 5.56. The molecule has 1 N–H and O–H groups in total. The van der Waals surface area contributed by atoms with E-state index in [1.165, 1.54) is 24.0 Å². The highest BCUT2D eigenvalue weighted by Gasteiger charge is 2.12. The molecule has 1 aromatic carbocycles. The summed E-state index contributed by atoms with van der Waals surface area (Å²) in [6.07, 6.45) is 5.73. The van der Waals surface area contributed by atoms with Crippen molar-refractivity contribution in [2.24, 2.45) is 5.92 Å². The topological polar surface area (TPSA) is 38.3 Å². The summed E-state index contributed by atoms with van der Waals surface area (Å²) in [5, 5.41) is 2.94. The van der Waals surface area contributed by atoms with Gasteiger partial charge in [0.05, 0.1) is 0 Å². The van der Waals surface area contributed by atoms with Crippen LogP contribution in [0.2, 0.25) is 0 Å². The number of hydrogen-bond acceptors (Lipinski definition) is 2. The minimum Gasteiger partial charge on any atom is -0.484 e. The van der Waals surface area contributed by atoms with E-state index >= 15 is 0 Å². The summed E-state index contributed by atoms with van der Waals surface area (Å²) < 4.78 is 5.58. The molecule has 0 fully saturated rings. The van der Waals surface area contributed by atoms with Gasteiger partial charge in [-0.05, 0) is 48.4 Å². The Morgan fingerprint density at radius 3 is 2.75 bits per heavy atom. The van der Waals surface area contributed by atoms with Crippen LogP contribution in [0.25, 0.3) is 0 Å². The van der Waals surface area contributed by atoms with Gasteiger partial charge in [-0.1, -0.05) is 32.8 Å². The first kappa shape index (κ1) is 14.9. The summed E-state index contributed by atoms with van der Waals surface area (Å²) in [4.78, 5) is 11.8. The van der Waals surface area contributed by atoms with Gasteiger partial charge in [-0.3, -0.25) is 4.79 Å². The van der Waals surface area contributed by atoms with E-state index in [0.29, 0.717) is 5.92 Å². The summed E-state index contributed by atoms with van der Waals surface area (Å²) >= 11 is 0. The number of fused-ring (bicyclic) bond motifs is 1. The summed E-state index contributed by atoms with van der Waals surface area (Å²) in [7, 11) is 0. The van der Waals surface area contributed by atoms with Crippen molar-refractivity contribution in [2.45, 2.75) is 46.0 Å². The van der Waals surface area contributed by atoms with Crippen molar-refractivity contribution < 1.29 is 9.53 Å². The summed E-state index contributed by atoms with van der Waals surface area (Å²) in [5.74, 6) is 1.35. The molecule has 2 rings (SSSR count). The molecule has 3 heteroatoms. The van der Waals surface area contributed by atoms with Crippen molar-refractivity contribution in [1.82, 2.24) is 5.32 Å². The van der Waals surface area contributed by atoms with Gasteiger partial charge in [0.2, 0.25) is 0 Å². The first-order valence-corrected chi connectivity index (χ1v) is 7.74. The monoisotopic (exact) mass is 275 g/mol. The summed E-state index contributed by atoms with van der Waals surface area (Å²) in [6.45, 7) is 5.17. The third-order valence-corrected chi connectivity index (χ3v) is 4.18. The van der Waals surface area contributed by atoms with Crippen molar-refractivity contribution in [3.8, 4) is 5.75 Å². The Morgan fingerprint density at radius 1 is 1.25 bits per heavy atom. The lowest BCUT2D eigenvalue weighted by Crippen LogP contribution is -2.32. The third kappa shape index (κ3) is 3.99. The molecule has 1 aromatic rings. The largest absolute Gasteiger partial charge is 0.484 e. The minimum absolute atomic E-state index is 0.0302. The highest BCUT2D eigenvalue weighted by molar-refractivity contribution is 5.77. The summed E-state index contributed by atoms with van der Waals surface area (Å²) in [5.41, 5.74) is 2.80. The Balaban J connectivity index is 1.76. The number of rotatable bonds is 7. The van der Waals surface area contributed by atoms with Crippen molar-refractivity contribution in [3.63, 3.8) is 0 Å². The molecule has 0 saturated heterocycles. The zero-order valence-corrected chi connectivity index (χ0v) is 12.6. The van der Waals surface area contributed by atoms with Gasteiger partial charge >= 0.3 is 0 Å². The van der Waals surface area contributed by atoms with E-state index in [4.69, 9.17) is 4.74 Å². The van der Waals surface area contributed by atoms with Crippen molar-refractivity contribution in [2.75, 3.05) is 13.2 Å². The second-order valence-corrected chi connectivity index (χ2v) is 5.56. The third-order valence-electron chi connectivity index (χ3n) is 4.18. The molecule has 3 nitrogen and oxygen atoms in total. The molecule has 0 aromatic heterocycles. The second kappa shape index (κ2) is 7.32. The van der Waals surface area contributed by atoms with E-state index in [0.717, 1.165) is 31.6 Å². The van der Waals surface area contributed by atoms with Gasteiger partial charge in [-0.25, -0.2) is 0 Å². The predicted molar refractivity (Wildman–Crippen MR) is 81.0 cm³/mol. The lowest BCUT2D eigenvalue weighted by molar-refractivity contribution is -0.123. The zero-order chi connectivity index (χ0) is 14.4. The molecule has 0 radical (unpaired) electrons. The number of aryl methyl sites for hydroxylation is 2. The van der Waals surface area contributed by atoms with Crippen molar-refractivity contribution in [3.05, 3.63) is 29.3 Å². The van der Waals surface area contributed by atoms with Gasteiger partial charge in [-0.2, -0.15) is 0 Å². The van der Waals surface area contributed by atoms with Crippen LogP contribution < -0.4 is 10.1 Å². The quantitative estimate of drug-likeness (QED) is 0.830. The Bertz CT molecular complexity index is 452. The van der Waals surface area contributed by atoms with Gasteiger partial charge in [0.25, 0.3) is 5.91 Å². The van der Waals surface area contributed by atoms with E-state index in [9.17, 15) is 4.79 Å². The highest BCUT2D eigenvalue weighted by Crippen LogP contribution is 2.25. The fraction of sp³-hybridized carbons (Fsp3) is 0.588. The Kier molecular flexibility index (Phi) is 5.45. The number of carbonyl (C=O) groups is 1. The van der Waals surface area contributed by atoms with E-state index in [2.05, 4.69) is 31.3 Å². The molecular weight excluding hydrogens is 250 g/mol. The van der Waals surface area contributed by atoms with Gasteiger partial charge < -0.3 is 10.1 Å². The Hall–Kier alpha value is -1.51. The number of amides is 1. The average Bonchev–Trinajstić information content (AvgIpc) is 2.93. The predicted octanol–water partition coefficient (Wildman–Crippen LogP) is 3.11. The molecule has 20 heavy (non-hydrogen) atoms. The minimum atomic E-state index is -0.0302. The van der Waals surface area contributed by atoms with Gasteiger partial charge in [0.1, 0.15) is 5.75 Å². The standard InChI is InChI=1S/C17H25NO2/c1-3-13(4-2)11-18-17(19)12-20-16-9-8-14-6-5-7-15(14)10-16/h8-10,13H,3-7,11-12H2,1-2H3,(H,18,19). The maximum Gasteiger partial charge on any atom is 0.257 e. The van der Waals surface area contributed by atoms with E-state index in [1.54, 1.807) is 0 Å². The number of carbonyl (C=O) groups excluding carboxylic acids is 1. The van der Waals surface area contributed by atoms with Crippen LogP contribution in [-0.2, 0) is 17.6 Å². The van der Waals surface area contributed by atoms with Gasteiger partial charge in [0.15, 0.2) is 6.61 Å². The first-order chi connectivity index (χ1) is 9.72. The van der Waals surface area contributed by atoms with Gasteiger partial charge in [0, 0.05) is 6.54 Å². The molecular formula is C17H25NO2. The molecule has 1 amide bonds. The fourth-order valence-electron chi connectivity index (χ4n) is 2.67. The number of nitrogens with one attached hydrogen (secondary N) is 1. The van der Waals surface area contributed by atoms with Crippen LogP contribution in [0.4, 0.5) is 0 Å². The van der Waals surface area contributed by atoms with Crippen LogP contribution in [0.1, 0.15) is 44.2 Å². The molecule has 0 bridgehead atoms. The van der Waals surface area contributed by atoms with E-state index in [1.807, 2.05) is 6.07 Å². The molecule has 1 aliphatic rings. The molecule has 1 aliphatic carbocycles. The normalized spacial score (nSPS) is 13.3. The molecule has 0 atom stereocenters. The highest BCUT2D eigenvalue weighted by atomic mass is 16.5. The molecule has 0 spiro atoms. The Labute approximate surface area is 121 Å². The van der Waals surface area contributed by atoms with Crippen LogP contribution in [0, 0.1) is 5.92 Å². The number of benzene rings is 1. The number of hydrogen-bond donors (Lipinski definition) is 1. The molecule has 0 unspecified atom stereocenters. The van der Waals surface area contributed by atoms with Crippen LogP contribution in [-0.4, -0.2) is 19.1 Å². The Morgan fingerprint density at radius 2 is 2.00 bits per heavy atom. The smallest absolute Gasteiger partial charge is 0.257 e. The molecule has 0 aliphatic heterocycles. The molecule has 0 heterocycles. The average molecular weight is 275 g/mol. The maximum atomic E-state index is 11.8. The van der Waals surface area contributed by atoms with Crippen LogP contribution in [0.5, 0.6) is 5.75 Å².